The van der Waals surface area contributed by atoms with Gasteiger partial charge in [0.25, 0.3) is 0 Å². The Bertz CT molecular complexity index is 413. The van der Waals surface area contributed by atoms with Crippen molar-refractivity contribution in [1.29, 1.82) is 0 Å². The molecule has 0 radical (unpaired) electrons. The fraction of sp³-hybridized carbons (Fsp3) is 0.647. The normalized spacial score (nSPS) is 17.9. The van der Waals surface area contributed by atoms with Gasteiger partial charge in [-0.25, -0.2) is 8.78 Å². The lowest BCUT2D eigenvalue weighted by Crippen LogP contribution is -2.24. The number of rotatable bonds is 7. The predicted molar refractivity (Wildman–Crippen MR) is 80.2 cm³/mol. The molecule has 1 N–H and O–H groups in total. The Morgan fingerprint density at radius 3 is 2.52 bits per heavy atom. The zero-order valence-corrected chi connectivity index (χ0v) is 12.7. The summed E-state index contributed by atoms with van der Waals surface area (Å²) in [5, 5.41) is 3.16. The van der Waals surface area contributed by atoms with E-state index in [1.807, 2.05) is 0 Å². The third kappa shape index (κ3) is 5.04. The van der Waals surface area contributed by atoms with E-state index in [0.29, 0.717) is 19.3 Å². The largest absolute Gasteiger partial charge is 0.378 e. The summed E-state index contributed by atoms with van der Waals surface area (Å²) in [5.41, 5.74) is 0.116. The van der Waals surface area contributed by atoms with Gasteiger partial charge in [-0.1, -0.05) is 25.3 Å². The number of nitrogens with one attached hydrogen (secondary N) is 1. The maximum atomic E-state index is 13.6. The van der Waals surface area contributed by atoms with Crippen LogP contribution in [0.2, 0.25) is 0 Å². The van der Waals surface area contributed by atoms with E-state index in [0.717, 1.165) is 6.42 Å². The maximum absolute atomic E-state index is 13.6. The highest BCUT2D eigenvalue weighted by molar-refractivity contribution is 5.22. The van der Waals surface area contributed by atoms with Crippen LogP contribution in [-0.4, -0.2) is 19.3 Å². The van der Waals surface area contributed by atoms with Gasteiger partial charge in [-0.05, 0) is 44.9 Å². The second-order valence-corrected chi connectivity index (χ2v) is 5.80. The number of halogens is 2. The quantitative estimate of drug-likeness (QED) is 0.755. The molecule has 0 aromatic heterocycles. The van der Waals surface area contributed by atoms with Crippen LogP contribution in [0.5, 0.6) is 0 Å². The Labute approximate surface area is 125 Å². The highest BCUT2D eigenvalue weighted by Gasteiger charge is 2.16. The number of hydrogen-bond acceptors (Lipinski definition) is 2. The minimum absolute atomic E-state index is 0.116. The molecule has 1 aliphatic rings. The van der Waals surface area contributed by atoms with E-state index < -0.39 is 11.6 Å². The SMILES string of the molecule is CC(NCCCOC1CCCCC1)c1c(F)cccc1F. The lowest BCUT2D eigenvalue weighted by Gasteiger charge is -2.22. The Kier molecular flexibility index (Phi) is 6.58. The molecule has 2 nitrogen and oxygen atoms in total. The molecule has 0 heterocycles. The van der Waals surface area contributed by atoms with E-state index in [1.165, 1.54) is 50.3 Å². The lowest BCUT2D eigenvalue weighted by molar-refractivity contribution is 0.0271. The zero-order chi connectivity index (χ0) is 15.1. The fourth-order valence-corrected chi connectivity index (χ4v) is 2.90. The molecule has 1 aromatic rings. The summed E-state index contributed by atoms with van der Waals surface area (Å²) in [5.74, 6) is -0.984. The smallest absolute Gasteiger partial charge is 0.130 e. The Balaban J connectivity index is 1.66. The third-order valence-electron chi connectivity index (χ3n) is 4.11. The summed E-state index contributed by atoms with van der Waals surface area (Å²) < 4.78 is 33.1. The molecule has 4 heteroatoms. The van der Waals surface area contributed by atoms with Crippen molar-refractivity contribution in [2.24, 2.45) is 0 Å². The molecule has 0 saturated heterocycles. The van der Waals surface area contributed by atoms with Gasteiger partial charge in [-0.2, -0.15) is 0 Å². The van der Waals surface area contributed by atoms with Crippen LogP contribution in [0.4, 0.5) is 8.78 Å². The number of hydrogen-bond donors (Lipinski definition) is 1. The molecule has 0 spiro atoms. The van der Waals surface area contributed by atoms with Gasteiger partial charge < -0.3 is 10.1 Å². The average Bonchev–Trinajstić information content (AvgIpc) is 2.48. The average molecular weight is 297 g/mol. The van der Waals surface area contributed by atoms with Crippen molar-refractivity contribution in [1.82, 2.24) is 5.32 Å². The van der Waals surface area contributed by atoms with Gasteiger partial charge in [0, 0.05) is 18.2 Å². The molecule has 0 bridgehead atoms. The van der Waals surface area contributed by atoms with Gasteiger partial charge in [0.05, 0.1) is 6.10 Å². The second-order valence-electron chi connectivity index (χ2n) is 5.80. The molecular formula is C17H25F2NO. The molecule has 21 heavy (non-hydrogen) atoms. The minimum Gasteiger partial charge on any atom is -0.378 e. The first kappa shape index (κ1) is 16.4. The van der Waals surface area contributed by atoms with Crippen LogP contribution in [-0.2, 0) is 4.74 Å². The van der Waals surface area contributed by atoms with Crippen LogP contribution in [0, 0.1) is 11.6 Å². The molecule has 1 saturated carbocycles. The second kappa shape index (κ2) is 8.44. The van der Waals surface area contributed by atoms with E-state index in [9.17, 15) is 8.78 Å². The molecule has 0 aliphatic heterocycles. The lowest BCUT2D eigenvalue weighted by atomic mass is 9.98. The summed E-state index contributed by atoms with van der Waals surface area (Å²) >= 11 is 0. The van der Waals surface area contributed by atoms with Crippen molar-refractivity contribution in [3.05, 3.63) is 35.4 Å². The monoisotopic (exact) mass is 297 g/mol. The first-order chi connectivity index (χ1) is 10.2. The van der Waals surface area contributed by atoms with Crippen molar-refractivity contribution >= 4 is 0 Å². The van der Waals surface area contributed by atoms with Gasteiger partial charge in [0.15, 0.2) is 0 Å². The van der Waals surface area contributed by atoms with Crippen LogP contribution in [0.15, 0.2) is 18.2 Å². The van der Waals surface area contributed by atoms with Crippen LogP contribution in [0.3, 0.4) is 0 Å². The van der Waals surface area contributed by atoms with Crippen LogP contribution < -0.4 is 5.32 Å². The Morgan fingerprint density at radius 2 is 1.86 bits per heavy atom. The highest BCUT2D eigenvalue weighted by Crippen LogP contribution is 2.21. The van der Waals surface area contributed by atoms with Crippen molar-refractivity contribution in [3.8, 4) is 0 Å². The number of benzene rings is 1. The standard InChI is InChI=1S/C17H25F2NO/c1-13(17-15(18)9-5-10-16(17)19)20-11-6-12-21-14-7-3-2-4-8-14/h5,9-10,13-14,20H,2-4,6-8,11-12H2,1H3. The molecule has 1 atom stereocenters. The molecule has 0 amide bonds. The van der Waals surface area contributed by atoms with Crippen LogP contribution in [0.1, 0.15) is 57.1 Å². The Hall–Kier alpha value is -1.00. The van der Waals surface area contributed by atoms with Crippen LogP contribution >= 0.6 is 0 Å². The molecular weight excluding hydrogens is 272 g/mol. The van der Waals surface area contributed by atoms with Gasteiger partial charge in [-0.15, -0.1) is 0 Å². The molecule has 1 unspecified atom stereocenters. The molecule has 118 valence electrons. The van der Waals surface area contributed by atoms with Crippen molar-refractivity contribution in [3.63, 3.8) is 0 Å². The van der Waals surface area contributed by atoms with Gasteiger partial charge in [0.2, 0.25) is 0 Å². The molecule has 1 aliphatic carbocycles. The first-order valence-electron chi connectivity index (χ1n) is 7.97. The van der Waals surface area contributed by atoms with E-state index >= 15 is 0 Å². The summed E-state index contributed by atoms with van der Waals surface area (Å²) in [7, 11) is 0. The van der Waals surface area contributed by atoms with E-state index in [1.54, 1.807) is 6.92 Å². The van der Waals surface area contributed by atoms with E-state index in [2.05, 4.69) is 5.32 Å². The third-order valence-corrected chi connectivity index (χ3v) is 4.11. The van der Waals surface area contributed by atoms with Crippen LogP contribution in [0.25, 0.3) is 0 Å². The van der Waals surface area contributed by atoms with Gasteiger partial charge >= 0.3 is 0 Å². The van der Waals surface area contributed by atoms with Gasteiger partial charge in [-0.3, -0.25) is 0 Å². The minimum atomic E-state index is -0.492. The van der Waals surface area contributed by atoms with Crippen molar-refractivity contribution in [2.75, 3.05) is 13.2 Å². The number of ether oxygens (including phenoxy) is 1. The fourth-order valence-electron chi connectivity index (χ4n) is 2.90. The van der Waals surface area contributed by atoms with E-state index in [-0.39, 0.29) is 11.6 Å². The molecule has 1 fully saturated rings. The summed E-state index contributed by atoms with van der Waals surface area (Å²) in [4.78, 5) is 0. The summed E-state index contributed by atoms with van der Waals surface area (Å²) in [6.45, 7) is 3.19. The topological polar surface area (TPSA) is 21.3 Å². The molecule has 2 rings (SSSR count). The summed E-state index contributed by atoms with van der Waals surface area (Å²) in [6, 6.07) is 3.64. The highest BCUT2D eigenvalue weighted by atomic mass is 19.1. The Morgan fingerprint density at radius 1 is 1.19 bits per heavy atom. The summed E-state index contributed by atoms with van der Waals surface area (Å²) in [6.07, 6.45) is 7.48. The predicted octanol–water partition coefficient (Wildman–Crippen LogP) is 4.35. The first-order valence-corrected chi connectivity index (χ1v) is 7.97. The maximum Gasteiger partial charge on any atom is 0.130 e. The van der Waals surface area contributed by atoms with E-state index in [4.69, 9.17) is 4.74 Å². The zero-order valence-electron chi connectivity index (χ0n) is 12.7. The molecule has 1 aromatic carbocycles. The van der Waals surface area contributed by atoms with Crippen molar-refractivity contribution < 1.29 is 13.5 Å². The van der Waals surface area contributed by atoms with Gasteiger partial charge in [0.1, 0.15) is 11.6 Å². The van der Waals surface area contributed by atoms with Crippen molar-refractivity contribution in [2.45, 2.75) is 57.6 Å².